The Hall–Kier alpha value is -2.02. The second-order valence-corrected chi connectivity index (χ2v) is 15.6. The van der Waals surface area contributed by atoms with E-state index in [-0.39, 0.29) is 48.9 Å². The van der Waals surface area contributed by atoms with Crippen LogP contribution in [-0.4, -0.2) is 114 Å². The van der Waals surface area contributed by atoms with Gasteiger partial charge in [-0.3, -0.25) is 9.59 Å². The van der Waals surface area contributed by atoms with Crippen LogP contribution in [0.4, 0.5) is 0 Å². The molecule has 0 spiro atoms. The summed E-state index contributed by atoms with van der Waals surface area (Å²) in [5, 5.41) is 8.85. The molecule has 274 valence electrons. The maximum atomic E-state index is 12.7. The molecule has 0 saturated heterocycles. The third-order valence-corrected chi connectivity index (χ3v) is 9.85. The number of benzene rings is 1. The molecule has 1 rings (SSSR count). The summed E-state index contributed by atoms with van der Waals surface area (Å²) in [7, 11) is 3.27. The molecule has 0 fully saturated rings. The summed E-state index contributed by atoms with van der Waals surface area (Å²) < 4.78 is 34.4. The molecule has 1 atom stereocenters. The van der Waals surface area contributed by atoms with Crippen LogP contribution in [0.25, 0.3) is 0 Å². The van der Waals surface area contributed by atoms with E-state index in [1.807, 2.05) is 26.8 Å². The Labute approximate surface area is 296 Å². The van der Waals surface area contributed by atoms with Crippen molar-refractivity contribution in [2.75, 3.05) is 92.2 Å². The van der Waals surface area contributed by atoms with Crippen molar-refractivity contribution in [3.05, 3.63) is 29.8 Å². The molecule has 2 amide bonds. The van der Waals surface area contributed by atoms with Crippen LogP contribution in [0.5, 0.6) is 5.75 Å². The summed E-state index contributed by atoms with van der Waals surface area (Å²) >= 11 is 0. The monoisotopic (exact) mass is 713 g/mol. The van der Waals surface area contributed by atoms with Crippen molar-refractivity contribution in [1.82, 2.24) is 16.0 Å². The van der Waals surface area contributed by atoms with E-state index in [0.29, 0.717) is 57.4 Å². The fourth-order valence-corrected chi connectivity index (χ4v) is 5.76. The molecule has 1 aromatic carbocycles. The van der Waals surface area contributed by atoms with Gasteiger partial charge >= 0.3 is 0 Å². The number of nitrogens with one attached hydrogen (secondary N) is 3. The molecule has 1 unspecified atom stereocenters. The van der Waals surface area contributed by atoms with E-state index in [1.54, 1.807) is 39.8 Å². The molecular weight excluding hydrogens is 655 g/mol. The van der Waals surface area contributed by atoms with Crippen LogP contribution < -0.4 is 20.7 Å². The third-order valence-electron chi connectivity index (χ3n) is 5.87. The zero-order valence-corrected chi connectivity index (χ0v) is 31.7. The highest BCUT2D eigenvalue weighted by Crippen LogP contribution is 2.44. The lowest BCUT2D eigenvalue weighted by molar-refractivity contribution is -0.126. The van der Waals surface area contributed by atoms with Gasteiger partial charge < -0.3 is 44.4 Å². The second kappa shape index (κ2) is 26.8. The molecule has 0 heterocycles. The largest absolute Gasteiger partial charge is 0.490 e. The van der Waals surface area contributed by atoms with Crippen LogP contribution in [-0.2, 0) is 28.5 Å². The Kier molecular flexibility index (Phi) is 24.6. The lowest BCUT2D eigenvalue weighted by Gasteiger charge is -2.31. The average molecular weight is 714 g/mol. The van der Waals surface area contributed by atoms with Gasteiger partial charge in [-0.15, -0.1) is 0 Å². The summed E-state index contributed by atoms with van der Waals surface area (Å²) in [6.45, 7) is 20.9. The first kappa shape index (κ1) is 44.0. The molecule has 0 bridgehead atoms. The van der Waals surface area contributed by atoms with Crippen molar-refractivity contribution in [3.8, 4) is 17.6 Å². The van der Waals surface area contributed by atoms with Gasteiger partial charge in [0.1, 0.15) is 19.0 Å². The van der Waals surface area contributed by atoms with Gasteiger partial charge in [-0.2, -0.15) is 0 Å². The van der Waals surface area contributed by atoms with Gasteiger partial charge in [0.05, 0.1) is 52.8 Å². The minimum Gasteiger partial charge on any atom is -0.490 e. The van der Waals surface area contributed by atoms with E-state index in [4.69, 9.17) is 28.4 Å². The van der Waals surface area contributed by atoms with E-state index >= 15 is 0 Å². The van der Waals surface area contributed by atoms with Gasteiger partial charge in [0.15, 0.2) is 4.93 Å². The first-order chi connectivity index (χ1) is 22.9. The van der Waals surface area contributed by atoms with Gasteiger partial charge in [0.25, 0.3) is 5.91 Å². The van der Waals surface area contributed by atoms with Crippen molar-refractivity contribution < 1.29 is 38.0 Å². The van der Waals surface area contributed by atoms with Gasteiger partial charge in [-0.1, -0.05) is 81.0 Å². The smallest absolute Gasteiger partial charge is 0.251 e. The molecule has 3 N–H and O–H groups in total. The number of carbonyl (C=O) groups excluding carboxylic acids is 2. The molecule has 0 radical (unpaired) electrons. The molecule has 0 aliphatic heterocycles. The predicted molar refractivity (Wildman–Crippen MR) is 196 cm³/mol. The molecule has 0 aliphatic rings. The molecule has 0 saturated carbocycles. The summed E-state index contributed by atoms with van der Waals surface area (Å²) in [5.41, 5.74) is 0.488. The van der Waals surface area contributed by atoms with E-state index in [2.05, 4.69) is 55.5 Å². The maximum Gasteiger partial charge on any atom is 0.251 e. The van der Waals surface area contributed by atoms with Crippen LogP contribution in [0.15, 0.2) is 24.3 Å². The summed E-state index contributed by atoms with van der Waals surface area (Å²) in [4.78, 5) is 24.0. The number of amides is 2. The van der Waals surface area contributed by atoms with Crippen LogP contribution >= 0.6 is 21.6 Å². The van der Waals surface area contributed by atoms with Crippen molar-refractivity contribution >= 4 is 33.4 Å². The van der Waals surface area contributed by atoms with Gasteiger partial charge in [0.2, 0.25) is 5.91 Å². The Bertz CT molecular complexity index is 1080. The minimum atomic E-state index is -0.714. The standard InChI is InChI=1S/C35H59N3O8S2/c1-8-36-15-11-18-41-20-22-43-23-21-42-19-17-38-33(40)30-13-9-14-31(26-30)45-28-35(7,48-47-34(4,5)6)46-25-24-44-27-32(39)37-16-10-12-29(2)3/h9,13-14,26,29,36H,8,11,15-25,27-28H2,1-7H3,(H,37,39)(H,38,40). The molecule has 0 aliphatic carbocycles. The van der Waals surface area contributed by atoms with Crippen molar-refractivity contribution in [3.63, 3.8) is 0 Å². The first-order valence-corrected chi connectivity index (χ1v) is 18.9. The number of hydrogen-bond acceptors (Lipinski definition) is 11. The SMILES string of the molecule is CCNCCCOCCOCCOCCNC(=O)c1cccc(OCC(C)(OCCOCC(=O)NCC#CC(C)C)SSC(C)(C)C)c1. The Balaban J connectivity index is 2.40. The highest BCUT2D eigenvalue weighted by molar-refractivity contribution is 8.77. The van der Waals surface area contributed by atoms with Crippen molar-refractivity contribution in [2.24, 2.45) is 5.92 Å². The molecule has 1 aromatic rings. The summed E-state index contributed by atoms with van der Waals surface area (Å²) in [6, 6.07) is 7.04. The number of rotatable bonds is 27. The highest BCUT2D eigenvalue weighted by atomic mass is 33.1. The number of ether oxygens (including phenoxy) is 6. The lowest BCUT2D eigenvalue weighted by Crippen LogP contribution is -2.34. The normalized spacial score (nSPS) is 12.7. The zero-order chi connectivity index (χ0) is 35.5. The molecule has 0 aromatic heterocycles. The quantitative estimate of drug-likeness (QED) is 0.0515. The van der Waals surface area contributed by atoms with Crippen LogP contribution in [0, 0.1) is 17.8 Å². The van der Waals surface area contributed by atoms with Crippen LogP contribution in [0.1, 0.15) is 65.2 Å². The fraction of sp³-hybridized carbons (Fsp3) is 0.714. The van der Waals surface area contributed by atoms with Crippen molar-refractivity contribution in [1.29, 1.82) is 0 Å². The van der Waals surface area contributed by atoms with E-state index in [1.165, 1.54) is 0 Å². The van der Waals surface area contributed by atoms with Gasteiger partial charge in [-0.05, 0) is 44.6 Å². The first-order valence-electron chi connectivity index (χ1n) is 16.7. The van der Waals surface area contributed by atoms with Gasteiger partial charge in [0, 0.05) is 29.4 Å². The zero-order valence-electron chi connectivity index (χ0n) is 30.1. The molecular formula is C35H59N3O8S2. The Morgan fingerprint density at radius 3 is 2.23 bits per heavy atom. The van der Waals surface area contributed by atoms with E-state index in [9.17, 15) is 9.59 Å². The minimum absolute atomic E-state index is 0.00245. The molecule has 48 heavy (non-hydrogen) atoms. The molecule has 13 heteroatoms. The summed E-state index contributed by atoms with van der Waals surface area (Å²) in [5.74, 6) is 6.30. The van der Waals surface area contributed by atoms with Crippen molar-refractivity contribution in [2.45, 2.75) is 64.6 Å². The molecule has 11 nitrogen and oxygen atoms in total. The number of carbonyl (C=O) groups is 2. The fourth-order valence-electron chi connectivity index (χ4n) is 3.53. The van der Waals surface area contributed by atoms with E-state index in [0.717, 1.165) is 26.1 Å². The van der Waals surface area contributed by atoms with Crippen LogP contribution in [0.3, 0.4) is 0 Å². The van der Waals surface area contributed by atoms with E-state index < -0.39 is 4.93 Å². The lowest BCUT2D eigenvalue weighted by atomic mass is 10.2. The highest BCUT2D eigenvalue weighted by Gasteiger charge is 2.30. The topological polar surface area (TPSA) is 126 Å². The second-order valence-electron chi connectivity index (χ2n) is 12.2. The predicted octanol–water partition coefficient (Wildman–Crippen LogP) is 4.55. The number of hydrogen-bond donors (Lipinski definition) is 3. The maximum absolute atomic E-state index is 12.7. The summed E-state index contributed by atoms with van der Waals surface area (Å²) in [6.07, 6.45) is 0.987. The van der Waals surface area contributed by atoms with Crippen LogP contribution in [0.2, 0.25) is 0 Å². The average Bonchev–Trinajstić information content (AvgIpc) is 3.04. The Morgan fingerprint density at radius 2 is 1.54 bits per heavy atom. The van der Waals surface area contributed by atoms with Gasteiger partial charge in [-0.25, -0.2) is 0 Å². The Morgan fingerprint density at radius 1 is 0.854 bits per heavy atom. The third kappa shape index (κ3) is 25.0.